The Kier molecular flexibility index (Phi) is 3.90. The molecule has 0 radical (unpaired) electrons. The van der Waals surface area contributed by atoms with Gasteiger partial charge in [0.25, 0.3) is 0 Å². The average Bonchev–Trinajstić information content (AvgIpc) is 2.37. The molecule has 0 spiro atoms. The van der Waals surface area contributed by atoms with Gasteiger partial charge >= 0.3 is 5.63 Å². The first kappa shape index (κ1) is 13.2. The Morgan fingerprint density at radius 1 is 1.26 bits per heavy atom. The number of allylic oxidation sites excluding steroid dienone is 1. The van der Waals surface area contributed by atoms with Gasteiger partial charge in [-0.15, -0.1) is 0 Å². The molecule has 4 heteroatoms. The lowest BCUT2D eigenvalue weighted by Gasteiger charge is -2.07. The van der Waals surface area contributed by atoms with Gasteiger partial charge < -0.3 is 13.9 Å². The van der Waals surface area contributed by atoms with Crippen LogP contribution in [0.3, 0.4) is 0 Å². The molecule has 4 nitrogen and oxygen atoms in total. The second-order valence-electron chi connectivity index (χ2n) is 4.48. The molecule has 100 valence electrons. The van der Waals surface area contributed by atoms with E-state index in [9.17, 15) is 4.79 Å². The number of hydrogen-bond acceptors (Lipinski definition) is 4. The molecule has 0 fully saturated rings. The fraction of sp³-hybridized carbons (Fsp3) is 0.267. The minimum atomic E-state index is -0.399. The minimum Gasteiger partial charge on any atom is -0.496 e. The molecule has 1 aromatic heterocycles. The maximum Gasteiger partial charge on any atom is 0.336 e. The summed E-state index contributed by atoms with van der Waals surface area (Å²) in [4.78, 5) is 11.2. The molecule has 1 heterocycles. The number of ether oxygens (including phenoxy) is 2. The standard InChI is InChI=1S/C15H16O4/c1-10(2)6-7-18-13-8-11(17-3)9-14-12(13)4-5-15(16)19-14/h4-10H,1-3H3. The molecular formula is C15H16O4. The summed E-state index contributed by atoms with van der Waals surface area (Å²) < 4.78 is 15.9. The highest BCUT2D eigenvalue weighted by atomic mass is 16.5. The van der Waals surface area contributed by atoms with Crippen LogP contribution in [0.2, 0.25) is 0 Å². The topological polar surface area (TPSA) is 48.7 Å². The molecule has 0 N–H and O–H groups in total. The summed E-state index contributed by atoms with van der Waals surface area (Å²) in [6.07, 6.45) is 3.56. The van der Waals surface area contributed by atoms with E-state index >= 15 is 0 Å². The van der Waals surface area contributed by atoms with Crippen molar-refractivity contribution in [3.63, 3.8) is 0 Å². The number of methoxy groups -OCH3 is 1. The molecule has 2 aromatic rings. The van der Waals surface area contributed by atoms with E-state index in [2.05, 4.69) is 13.8 Å². The van der Waals surface area contributed by atoms with Gasteiger partial charge in [-0.05, 0) is 18.1 Å². The summed E-state index contributed by atoms with van der Waals surface area (Å²) in [5.74, 6) is 1.57. The monoisotopic (exact) mass is 260 g/mol. The lowest BCUT2D eigenvalue weighted by atomic mass is 10.2. The third kappa shape index (κ3) is 3.16. The van der Waals surface area contributed by atoms with Gasteiger partial charge in [-0.2, -0.15) is 0 Å². The second kappa shape index (κ2) is 5.61. The van der Waals surface area contributed by atoms with Gasteiger partial charge in [-0.3, -0.25) is 0 Å². The number of rotatable bonds is 4. The maximum absolute atomic E-state index is 11.2. The van der Waals surface area contributed by atoms with Gasteiger partial charge in [0, 0.05) is 18.2 Å². The van der Waals surface area contributed by atoms with Crippen molar-refractivity contribution in [2.24, 2.45) is 5.92 Å². The van der Waals surface area contributed by atoms with Crippen LogP contribution in [-0.4, -0.2) is 7.11 Å². The Balaban J connectivity index is 2.48. The maximum atomic E-state index is 11.2. The van der Waals surface area contributed by atoms with Gasteiger partial charge in [-0.1, -0.05) is 13.8 Å². The summed E-state index contributed by atoms with van der Waals surface area (Å²) >= 11 is 0. The molecule has 0 saturated heterocycles. The molecule has 0 aliphatic heterocycles. The summed E-state index contributed by atoms with van der Waals surface area (Å²) in [6, 6.07) is 6.47. The SMILES string of the molecule is COc1cc(OC=CC(C)C)c2ccc(=O)oc2c1. The van der Waals surface area contributed by atoms with Crippen LogP contribution in [0, 0.1) is 5.92 Å². The second-order valence-corrected chi connectivity index (χ2v) is 4.48. The van der Waals surface area contributed by atoms with E-state index in [1.165, 1.54) is 6.07 Å². The van der Waals surface area contributed by atoms with Crippen molar-refractivity contribution in [2.75, 3.05) is 7.11 Å². The molecule has 0 unspecified atom stereocenters. The van der Waals surface area contributed by atoms with Crippen molar-refractivity contribution in [1.29, 1.82) is 0 Å². The van der Waals surface area contributed by atoms with Gasteiger partial charge in [0.1, 0.15) is 17.1 Å². The molecule has 19 heavy (non-hydrogen) atoms. The first-order valence-electron chi connectivity index (χ1n) is 6.05. The highest BCUT2D eigenvalue weighted by Crippen LogP contribution is 2.30. The quantitative estimate of drug-likeness (QED) is 0.624. The molecule has 0 aliphatic carbocycles. The van der Waals surface area contributed by atoms with E-state index < -0.39 is 5.63 Å². The van der Waals surface area contributed by atoms with Crippen LogP contribution in [0.5, 0.6) is 11.5 Å². The zero-order valence-corrected chi connectivity index (χ0v) is 11.2. The normalized spacial score (nSPS) is 11.4. The minimum absolute atomic E-state index is 0.398. The van der Waals surface area contributed by atoms with E-state index in [0.717, 1.165) is 5.39 Å². The van der Waals surface area contributed by atoms with Crippen LogP contribution in [-0.2, 0) is 0 Å². The van der Waals surface area contributed by atoms with Crippen LogP contribution >= 0.6 is 0 Å². The highest BCUT2D eigenvalue weighted by Gasteiger charge is 2.07. The van der Waals surface area contributed by atoms with E-state index in [1.54, 1.807) is 31.6 Å². The molecule has 0 saturated carbocycles. The van der Waals surface area contributed by atoms with Gasteiger partial charge in [-0.25, -0.2) is 4.79 Å². The van der Waals surface area contributed by atoms with Crippen molar-refractivity contribution in [1.82, 2.24) is 0 Å². The molecule has 0 aliphatic rings. The number of benzene rings is 1. The van der Waals surface area contributed by atoms with Gasteiger partial charge in [0.05, 0.1) is 18.8 Å². The van der Waals surface area contributed by atoms with Crippen LogP contribution in [0.4, 0.5) is 0 Å². The summed E-state index contributed by atoms with van der Waals surface area (Å²) in [5, 5.41) is 0.730. The lowest BCUT2D eigenvalue weighted by molar-refractivity contribution is 0.408. The smallest absolute Gasteiger partial charge is 0.336 e. The van der Waals surface area contributed by atoms with Crippen LogP contribution in [0.1, 0.15) is 13.8 Å². The zero-order valence-electron chi connectivity index (χ0n) is 11.2. The van der Waals surface area contributed by atoms with Crippen molar-refractivity contribution in [2.45, 2.75) is 13.8 Å². The average molecular weight is 260 g/mol. The molecule has 1 aromatic carbocycles. The van der Waals surface area contributed by atoms with Crippen molar-refractivity contribution in [3.8, 4) is 11.5 Å². The van der Waals surface area contributed by atoms with E-state index in [0.29, 0.717) is 23.0 Å². The third-order valence-corrected chi connectivity index (χ3v) is 2.57. The molecule has 0 bridgehead atoms. The Labute approximate surface area is 111 Å². The number of hydrogen-bond donors (Lipinski definition) is 0. The Hall–Kier alpha value is -2.23. The Bertz CT molecular complexity index is 653. The van der Waals surface area contributed by atoms with E-state index in [1.807, 2.05) is 6.08 Å². The Morgan fingerprint density at radius 2 is 2.05 bits per heavy atom. The van der Waals surface area contributed by atoms with E-state index in [-0.39, 0.29) is 0 Å². The van der Waals surface area contributed by atoms with Crippen LogP contribution < -0.4 is 15.1 Å². The van der Waals surface area contributed by atoms with Crippen LogP contribution in [0.25, 0.3) is 11.0 Å². The predicted octanol–water partition coefficient (Wildman–Crippen LogP) is 3.35. The predicted molar refractivity (Wildman–Crippen MR) is 73.6 cm³/mol. The first-order chi connectivity index (χ1) is 9.10. The van der Waals surface area contributed by atoms with Crippen LogP contribution in [0.15, 0.2) is 45.8 Å². The summed E-state index contributed by atoms with van der Waals surface area (Å²) in [5.41, 5.74) is 0.0456. The van der Waals surface area contributed by atoms with Crippen molar-refractivity contribution < 1.29 is 13.9 Å². The van der Waals surface area contributed by atoms with E-state index in [4.69, 9.17) is 13.9 Å². The molecule has 0 atom stereocenters. The molecule has 0 amide bonds. The summed E-state index contributed by atoms with van der Waals surface area (Å²) in [6.45, 7) is 4.12. The molecular weight excluding hydrogens is 244 g/mol. The Morgan fingerprint density at radius 3 is 2.74 bits per heavy atom. The molecule has 2 rings (SSSR count). The fourth-order valence-corrected chi connectivity index (χ4v) is 1.60. The largest absolute Gasteiger partial charge is 0.496 e. The third-order valence-electron chi connectivity index (χ3n) is 2.57. The number of fused-ring (bicyclic) bond motifs is 1. The zero-order chi connectivity index (χ0) is 13.8. The lowest BCUT2D eigenvalue weighted by Crippen LogP contribution is -1.96. The van der Waals surface area contributed by atoms with Crippen molar-refractivity contribution >= 4 is 11.0 Å². The summed E-state index contributed by atoms with van der Waals surface area (Å²) in [7, 11) is 1.55. The van der Waals surface area contributed by atoms with Gasteiger partial charge in [0.15, 0.2) is 0 Å². The van der Waals surface area contributed by atoms with Gasteiger partial charge in [0.2, 0.25) is 0 Å². The highest BCUT2D eigenvalue weighted by molar-refractivity contribution is 5.85. The fourth-order valence-electron chi connectivity index (χ4n) is 1.60. The first-order valence-corrected chi connectivity index (χ1v) is 6.05. The van der Waals surface area contributed by atoms with Crippen molar-refractivity contribution in [3.05, 3.63) is 47.0 Å².